The minimum atomic E-state index is -0.912. The van der Waals surface area contributed by atoms with Crippen LogP contribution in [0.25, 0.3) is 0 Å². The fourth-order valence-electron chi connectivity index (χ4n) is 1.08. The highest BCUT2D eigenvalue weighted by molar-refractivity contribution is 5.85. The molecule has 2 N–H and O–H groups in total. The number of hydrogen-bond donors (Lipinski definition) is 2. The molecular weight excluding hydrogens is 208 g/mol. The van der Waals surface area contributed by atoms with Crippen LogP contribution in [-0.4, -0.2) is 22.8 Å². The maximum atomic E-state index is 10.5. The summed E-state index contributed by atoms with van der Waals surface area (Å²) in [5.41, 5.74) is 0.314. The number of carbonyl (C=O) groups is 1. The summed E-state index contributed by atoms with van der Waals surface area (Å²) >= 11 is 0. The molecule has 0 amide bonds. The zero-order chi connectivity index (χ0) is 12.0. The molecule has 86 valence electrons. The van der Waals surface area contributed by atoms with Crippen molar-refractivity contribution in [1.29, 1.82) is 0 Å². The van der Waals surface area contributed by atoms with E-state index in [0.29, 0.717) is 24.4 Å². The van der Waals surface area contributed by atoms with E-state index in [1.165, 1.54) is 12.1 Å². The summed E-state index contributed by atoms with van der Waals surface area (Å²) in [6.07, 6.45) is 2.15. The number of ether oxygens (including phenoxy) is 1. The molecule has 0 radical (unpaired) electrons. The van der Waals surface area contributed by atoms with Gasteiger partial charge in [0.1, 0.15) is 11.5 Å². The second-order valence-corrected chi connectivity index (χ2v) is 3.32. The van der Waals surface area contributed by atoms with Crippen molar-refractivity contribution in [2.45, 2.75) is 13.3 Å². The number of benzene rings is 1. The van der Waals surface area contributed by atoms with Gasteiger partial charge in [-0.2, -0.15) is 0 Å². The Morgan fingerprint density at radius 1 is 1.38 bits per heavy atom. The SMILES string of the molecule is CC(=CCCOc1ccc(O)cc1)C(=O)O. The molecule has 1 rings (SSSR count). The van der Waals surface area contributed by atoms with Crippen molar-refractivity contribution >= 4 is 5.97 Å². The molecule has 1 aromatic carbocycles. The van der Waals surface area contributed by atoms with Gasteiger partial charge in [-0.05, 0) is 31.2 Å². The normalized spacial score (nSPS) is 11.2. The first-order chi connectivity index (χ1) is 7.59. The lowest BCUT2D eigenvalue weighted by atomic mass is 10.2. The summed E-state index contributed by atoms with van der Waals surface area (Å²) in [5, 5.41) is 17.6. The van der Waals surface area contributed by atoms with E-state index in [9.17, 15) is 4.79 Å². The van der Waals surface area contributed by atoms with Crippen molar-refractivity contribution in [2.24, 2.45) is 0 Å². The standard InChI is InChI=1S/C12H14O4/c1-9(12(14)15)3-2-8-16-11-6-4-10(13)5-7-11/h3-7,13H,2,8H2,1H3,(H,14,15). The topological polar surface area (TPSA) is 66.8 Å². The third kappa shape index (κ3) is 4.04. The molecule has 0 bridgehead atoms. The Hall–Kier alpha value is -1.97. The fourth-order valence-corrected chi connectivity index (χ4v) is 1.08. The Labute approximate surface area is 93.8 Å². The van der Waals surface area contributed by atoms with E-state index in [1.54, 1.807) is 25.1 Å². The van der Waals surface area contributed by atoms with Crippen molar-refractivity contribution < 1.29 is 19.7 Å². The quantitative estimate of drug-likeness (QED) is 0.592. The number of aromatic hydroxyl groups is 1. The van der Waals surface area contributed by atoms with Gasteiger partial charge in [-0.25, -0.2) is 4.79 Å². The van der Waals surface area contributed by atoms with Gasteiger partial charge in [0, 0.05) is 12.0 Å². The van der Waals surface area contributed by atoms with Crippen LogP contribution >= 0.6 is 0 Å². The first-order valence-electron chi connectivity index (χ1n) is 4.91. The van der Waals surface area contributed by atoms with E-state index in [2.05, 4.69) is 0 Å². The highest BCUT2D eigenvalue weighted by Gasteiger charge is 1.98. The third-order valence-electron chi connectivity index (χ3n) is 2.01. The van der Waals surface area contributed by atoms with Gasteiger partial charge >= 0.3 is 5.97 Å². The van der Waals surface area contributed by atoms with E-state index in [0.717, 1.165) is 0 Å². The average molecular weight is 222 g/mol. The van der Waals surface area contributed by atoms with Crippen LogP contribution in [0.1, 0.15) is 13.3 Å². The van der Waals surface area contributed by atoms with Crippen LogP contribution in [0, 0.1) is 0 Å². The zero-order valence-electron chi connectivity index (χ0n) is 9.01. The van der Waals surface area contributed by atoms with Crippen molar-refractivity contribution in [1.82, 2.24) is 0 Å². The van der Waals surface area contributed by atoms with E-state index >= 15 is 0 Å². The molecular formula is C12H14O4. The van der Waals surface area contributed by atoms with Crippen LogP contribution in [0.2, 0.25) is 0 Å². The molecule has 0 spiro atoms. The number of phenolic OH excluding ortho intramolecular Hbond substituents is 1. The first kappa shape index (κ1) is 12.1. The monoisotopic (exact) mass is 222 g/mol. The largest absolute Gasteiger partial charge is 0.508 e. The molecule has 0 aliphatic carbocycles. The van der Waals surface area contributed by atoms with Crippen LogP contribution in [-0.2, 0) is 4.79 Å². The van der Waals surface area contributed by atoms with Gasteiger partial charge in [0.15, 0.2) is 0 Å². The second kappa shape index (κ2) is 5.80. The summed E-state index contributed by atoms with van der Waals surface area (Å²) in [4.78, 5) is 10.5. The van der Waals surface area contributed by atoms with Gasteiger partial charge in [0.05, 0.1) is 6.61 Å². The molecule has 0 aromatic heterocycles. The molecule has 0 aliphatic rings. The Bertz CT molecular complexity index is 379. The van der Waals surface area contributed by atoms with Gasteiger partial charge in [-0.3, -0.25) is 0 Å². The summed E-state index contributed by atoms with van der Waals surface area (Å²) in [5.74, 6) is -0.0715. The lowest BCUT2D eigenvalue weighted by Crippen LogP contribution is -1.99. The number of carboxylic acid groups (broad SMARTS) is 1. The summed E-state index contributed by atoms with van der Waals surface area (Å²) in [6.45, 7) is 1.96. The second-order valence-electron chi connectivity index (χ2n) is 3.32. The first-order valence-corrected chi connectivity index (χ1v) is 4.91. The highest BCUT2D eigenvalue weighted by Crippen LogP contribution is 2.15. The van der Waals surface area contributed by atoms with Crippen molar-refractivity contribution in [2.75, 3.05) is 6.61 Å². The third-order valence-corrected chi connectivity index (χ3v) is 2.01. The molecule has 1 aromatic rings. The van der Waals surface area contributed by atoms with Crippen molar-refractivity contribution in [3.63, 3.8) is 0 Å². The lowest BCUT2D eigenvalue weighted by molar-refractivity contribution is -0.132. The zero-order valence-corrected chi connectivity index (χ0v) is 9.01. The predicted octanol–water partition coefficient (Wildman–Crippen LogP) is 2.19. The van der Waals surface area contributed by atoms with E-state index in [4.69, 9.17) is 14.9 Å². The maximum absolute atomic E-state index is 10.5. The molecule has 4 nitrogen and oxygen atoms in total. The molecule has 4 heteroatoms. The van der Waals surface area contributed by atoms with Crippen molar-refractivity contribution in [3.05, 3.63) is 35.9 Å². The number of carboxylic acids is 1. The van der Waals surface area contributed by atoms with Gasteiger partial charge < -0.3 is 14.9 Å². The molecule has 0 heterocycles. The lowest BCUT2D eigenvalue weighted by Gasteiger charge is -2.04. The van der Waals surface area contributed by atoms with Gasteiger partial charge in [0.25, 0.3) is 0 Å². The highest BCUT2D eigenvalue weighted by atomic mass is 16.5. The summed E-state index contributed by atoms with van der Waals surface area (Å²) in [7, 11) is 0. The smallest absolute Gasteiger partial charge is 0.330 e. The van der Waals surface area contributed by atoms with E-state index in [1.807, 2.05) is 0 Å². The molecule has 0 unspecified atom stereocenters. The molecule has 16 heavy (non-hydrogen) atoms. The van der Waals surface area contributed by atoms with Crippen LogP contribution in [0.3, 0.4) is 0 Å². The Morgan fingerprint density at radius 2 is 2.00 bits per heavy atom. The Morgan fingerprint density at radius 3 is 2.56 bits per heavy atom. The summed E-state index contributed by atoms with van der Waals surface area (Å²) in [6, 6.07) is 6.38. The van der Waals surface area contributed by atoms with Crippen LogP contribution in [0.4, 0.5) is 0 Å². The van der Waals surface area contributed by atoms with E-state index < -0.39 is 5.97 Å². The number of aliphatic carboxylic acids is 1. The fraction of sp³-hybridized carbons (Fsp3) is 0.250. The number of phenols is 1. The maximum Gasteiger partial charge on any atom is 0.330 e. The van der Waals surface area contributed by atoms with Gasteiger partial charge in [-0.1, -0.05) is 6.08 Å². The van der Waals surface area contributed by atoms with Crippen LogP contribution < -0.4 is 4.74 Å². The molecule has 0 saturated heterocycles. The minimum absolute atomic E-state index is 0.189. The summed E-state index contributed by atoms with van der Waals surface area (Å²) < 4.78 is 5.34. The average Bonchev–Trinajstić information content (AvgIpc) is 2.26. The Balaban J connectivity index is 2.34. The van der Waals surface area contributed by atoms with Crippen LogP contribution in [0.15, 0.2) is 35.9 Å². The minimum Gasteiger partial charge on any atom is -0.508 e. The molecule has 0 saturated carbocycles. The molecule has 0 aliphatic heterocycles. The van der Waals surface area contributed by atoms with Gasteiger partial charge in [-0.15, -0.1) is 0 Å². The van der Waals surface area contributed by atoms with Crippen LogP contribution in [0.5, 0.6) is 11.5 Å². The number of rotatable bonds is 5. The van der Waals surface area contributed by atoms with Crippen molar-refractivity contribution in [3.8, 4) is 11.5 Å². The number of hydrogen-bond acceptors (Lipinski definition) is 3. The van der Waals surface area contributed by atoms with E-state index in [-0.39, 0.29) is 5.75 Å². The molecule has 0 atom stereocenters. The van der Waals surface area contributed by atoms with Gasteiger partial charge in [0.2, 0.25) is 0 Å². The molecule has 0 fully saturated rings. The Kier molecular flexibility index (Phi) is 4.39. The predicted molar refractivity (Wildman–Crippen MR) is 59.6 cm³/mol.